The highest BCUT2D eigenvalue weighted by molar-refractivity contribution is 6.13. The SMILES string of the molecule is CCc1ccc2c(c1)[C@@H](CC)[C@H](CC)[C@@H]2N1C(=O)C=CC1=O. The maximum atomic E-state index is 12.2. The monoisotopic (exact) mass is 297 g/mol. The standard InChI is InChI=1S/C19H23NO2/c1-4-12-7-8-15-16(11-12)13(5-2)14(6-3)19(15)20-17(21)9-10-18(20)22/h7-11,13-14,19H,4-6H2,1-3H3/t13-,14-,19-/m0/s1. The van der Waals surface area contributed by atoms with E-state index in [2.05, 4.69) is 39.0 Å². The van der Waals surface area contributed by atoms with Gasteiger partial charge in [0.25, 0.3) is 11.8 Å². The average molecular weight is 297 g/mol. The van der Waals surface area contributed by atoms with E-state index in [1.165, 1.54) is 33.7 Å². The maximum absolute atomic E-state index is 12.2. The van der Waals surface area contributed by atoms with Crippen molar-refractivity contribution in [2.24, 2.45) is 5.92 Å². The van der Waals surface area contributed by atoms with Crippen LogP contribution in [0.4, 0.5) is 0 Å². The normalized spacial score (nSPS) is 26.9. The number of fused-ring (bicyclic) bond motifs is 1. The van der Waals surface area contributed by atoms with Crippen molar-refractivity contribution in [2.45, 2.75) is 52.0 Å². The van der Waals surface area contributed by atoms with Gasteiger partial charge in [0.15, 0.2) is 0 Å². The Balaban J connectivity index is 2.10. The third-order valence-corrected chi connectivity index (χ3v) is 5.23. The van der Waals surface area contributed by atoms with E-state index >= 15 is 0 Å². The van der Waals surface area contributed by atoms with E-state index in [1.54, 1.807) is 0 Å². The number of rotatable bonds is 4. The van der Waals surface area contributed by atoms with Gasteiger partial charge in [-0.1, -0.05) is 45.4 Å². The molecule has 0 N–H and O–H groups in total. The molecule has 0 fully saturated rings. The largest absolute Gasteiger partial charge is 0.269 e. The van der Waals surface area contributed by atoms with Gasteiger partial charge in [-0.3, -0.25) is 14.5 Å². The predicted molar refractivity (Wildman–Crippen MR) is 86.4 cm³/mol. The van der Waals surface area contributed by atoms with Gasteiger partial charge in [0, 0.05) is 12.2 Å². The molecule has 0 aromatic heterocycles. The summed E-state index contributed by atoms with van der Waals surface area (Å²) in [5.41, 5.74) is 3.83. The molecule has 0 bridgehead atoms. The van der Waals surface area contributed by atoms with Crippen LogP contribution in [0.5, 0.6) is 0 Å². The molecule has 1 aliphatic carbocycles. The summed E-state index contributed by atoms with van der Waals surface area (Å²) in [6.07, 6.45) is 5.81. The molecule has 3 nitrogen and oxygen atoms in total. The average Bonchev–Trinajstić information content (AvgIpc) is 3.02. The Bertz CT molecular complexity index is 629. The van der Waals surface area contributed by atoms with Gasteiger partial charge in [0.2, 0.25) is 0 Å². The number of nitrogens with zero attached hydrogens (tertiary/aromatic N) is 1. The highest BCUT2D eigenvalue weighted by Gasteiger charge is 2.45. The summed E-state index contributed by atoms with van der Waals surface area (Å²) in [5, 5.41) is 0. The smallest absolute Gasteiger partial charge is 0.254 e. The van der Waals surface area contributed by atoms with Crippen LogP contribution < -0.4 is 0 Å². The van der Waals surface area contributed by atoms with Crippen molar-refractivity contribution in [3.8, 4) is 0 Å². The zero-order valence-electron chi connectivity index (χ0n) is 13.5. The van der Waals surface area contributed by atoms with Gasteiger partial charge in [0.1, 0.15) is 0 Å². The highest BCUT2D eigenvalue weighted by Crippen LogP contribution is 2.51. The Morgan fingerprint density at radius 2 is 1.64 bits per heavy atom. The summed E-state index contributed by atoms with van der Waals surface area (Å²) in [7, 11) is 0. The van der Waals surface area contributed by atoms with Crippen LogP contribution in [-0.4, -0.2) is 16.7 Å². The number of imide groups is 1. The molecular weight excluding hydrogens is 274 g/mol. The molecule has 22 heavy (non-hydrogen) atoms. The molecule has 1 heterocycles. The molecule has 116 valence electrons. The second kappa shape index (κ2) is 5.71. The summed E-state index contributed by atoms with van der Waals surface area (Å²) in [6, 6.07) is 6.45. The molecule has 0 saturated carbocycles. The third kappa shape index (κ3) is 2.11. The van der Waals surface area contributed by atoms with E-state index in [0.29, 0.717) is 11.8 Å². The summed E-state index contributed by atoms with van der Waals surface area (Å²) >= 11 is 0. The number of carbonyl (C=O) groups excluding carboxylic acids is 2. The van der Waals surface area contributed by atoms with E-state index in [9.17, 15) is 9.59 Å². The summed E-state index contributed by atoms with van der Waals surface area (Å²) in [4.78, 5) is 25.8. The molecule has 1 aromatic carbocycles. The minimum absolute atomic E-state index is 0.106. The van der Waals surface area contributed by atoms with Crippen LogP contribution in [0, 0.1) is 5.92 Å². The van der Waals surface area contributed by atoms with Crippen LogP contribution >= 0.6 is 0 Å². The number of hydrogen-bond donors (Lipinski definition) is 0. The second-order valence-electron chi connectivity index (χ2n) is 6.23. The highest BCUT2D eigenvalue weighted by atomic mass is 16.2. The first-order valence-electron chi connectivity index (χ1n) is 8.30. The van der Waals surface area contributed by atoms with Crippen molar-refractivity contribution in [1.29, 1.82) is 0 Å². The first kappa shape index (κ1) is 15.0. The van der Waals surface area contributed by atoms with Crippen molar-refractivity contribution < 1.29 is 9.59 Å². The molecule has 0 spiro atoms. The summed E-state index contributed by atoms with van der Waals surface area (Å²) in [5.74, 6) is 0.407. The van der Waals surface area contributed by atoms with Crippen LogP contribution in [0.15, 0.2) is 30.4 Å². The Labute approximate surface area is 132 Å². The van der Waals surface area contributed by atoms with Gasteiger partial charge < -0.3 is 0 Å². The van der Waals surface area contributed by atoms with E-state index in [-0.39, 0.29) is 17.9 Å². The number of amides is 2. The quantitative estimate of drug-likeness (QED) is 0.794. The first-order valence-corrected chi connectivity index (χ1v) is 8.30. The number of benzene rings is 1. The fraction of sp³-hybridized carbons (Fsp3) is 0.474. The molecule has 3 atom stereocenters. The van der Waals surface area contributed by atoms with Crippen LogP contribution in [0.2, 0.25) is 0 Å². The molecule has 0 saturated heterocycles. The van der Waals surface area contributed by atoms with Gasteiger partial charge in [-0.25, -0.2) is 0 Å². The molecule has 0 radical (unpaired) electrons. The molecule has 3 rings (SSSR count). The van der Waals surface area contributed by atoms with Gasteiger partial charge in [-0.2, -0.15) is 0 Å². The Kier molecular flexibility index (Phi) is 3.90. The van der Waals surface area contributed by atoms with Crippen molar-refractivity contribution in [3.63, 3.8) is 0 Å². The molecule has 2 amide bonds. The first-order chi connectivity index (χ1) is 10.6. The van der Waals surface area contributed by atoms with E-state index in [1.807, 2.05) is 0 Å². The van der Waals surface area contributed by atoms with E-state index in [0.717, 1.165) is 19.3 Å². The van der Waals surface area contributed by atoms with Crippen LogP contribution in [0.1, 0.15) is 62.3 Å². The van der Waals surface area contributed by atoms with Gasteiger partial charge in [-0.15, -0.1) is 0 Å². The van der Waals surface area contributed by atoms with E-state index in [4.69, 9.17) is 0 Å². The van der Waals surface area contributed by atoms with Gasteiger partial charge >= 0.3 is 0 Å². The minimum Gasteiger partial charge on any atom is -0.269 e. The van der Waals surface area contributed by atoms with E-state index < -0.39 is 0 Å². The number of hydrogen-bond acceptors (Lipinski definition) is 2. The molecule has 1 aromatic rings. The Hall–Kier alpha value is -1.90. The Morgan fingerprint density at radius 1 is 0.955 bits per heavy atom. The fourth-order valence-electron chi connectivity index (χ4n) is 4.16. The van der Waals surface area contributed by atoms with Gasteiger partial charge in [0.05, 0.1) is 6.04 Å². The lowest BCUT2D eigenvalue weighted by Crippen LogP contribution is -2.37. The van der Waals surface area contributed by atoms with Crippen molar-refractivity contribution in [3.05, 3.63) is 47.0 Å². The number of aryl methyl sites for hydroxylation is 1. The predicted octanol–water partition coefficient (Wildman–Crippen LogP) is 3.75. The van der Waals surface area contributed by atoms with Crippen LogP contribution in [-0.2, 0) is 16.0 Å². The second-order valence-corrected chi connectivity index (χ2v) is 6.23. The van der Waals surface area contributed by atoms with Crippen LogP contribution in [0.25, 0.3) is 0 Å². The third-order valence-electron chi connectivity index (χ3n) is 5.23. The molecule has 1 aliphatic heterocycles. The lowest BCUT2D eigenvalue weighted by atomic mass is 9.86. The molecule has 0 unspecified atom stereocenters. The zero-order valence-corrected chi connectivity index (χ0v) is 13.5. The molecule has 3 heteroatoms. The van der Waals surface area contributed by atoms with Crippen LogP contribution in [0.3, 0.4) is 0 Å². The van der Waals surface area contributed by atoms with Crippen molar-refractivity contribution >= 4 is 11.8 Å². The molecular formula is C19H23NO2. The van der Waals surface area contributed by atoms with Crippen molar-refractivity contribution in [1.82, 2.24) is 4.90 Å². The lowest BCUT2D eigenvalue weighted by Gasteiger charge is -2.30. The lowest BCUT2D eigenvalue weighted by molar-refractivity contribution is -0.141. The molecule has 2 aliphatic rings. The number of carbonyl (C=O) groups is 2. The topological polar surface area (TPSA) is 37.4 Å². The maximum Gasteiger partial charge on any atom is 0.254 e. The fourth-order valence-corrected chi connectivity index (χ4v) is 4.16. The zero-order chi connectivity index (χ0) is 15.9. The van der Waals surface area contributed by atoms with Gasteiger partial charge in [-0.05, 0) is 41.4 Å². The Morgan fingerprint density at radius 3 is 2.18 bits per heavy atom. The summed E-state index contributed by atoms with van der Waals surface area (Å²) in [6.45, 7) is 6.51. The summed E-state index contributed by atoms with van der Waals surface area (Å²) < 4.78 is 0. The minimum atomic E-state index is -0.171. The van der Waals surface area contributed by atoms with Crippen molar-refractivity contribution in [2.75, 3.05) is 0 Å².